The molecule has 1 aromatic carbocycles. The molecule has 0 aliphatic carbocycles. The topological polar surface area (TPSA) is 52.1 Å². The van der Waals surface area contributed by atoms with Crippen molar-refractivity contribution in [1.29, 1.82) is 0 Å². The second-order valence-corrected chi connectivity index (χ2v) is 3.70. The number of hydrogen-bond donors (Lipinski definition) is 0. The van der Waals surface area contributed by atoms with Gasteiger partial charge < -0.3 is 4.74 Å². The Labute approximate surface area is 103 Å². The van der Waals surface area contributed by atoms with E-state index in [-0.39, 0.29) is 11.5 Å². The molecule has 0 amide bonds. The molecule has 0 unspecified atom stereocenters. The highest BCUT2D eigenvalue weighted by Gasteiger charge is 2.16. The standard InChI is InChI=1S/C12H9ClN2O2/c1-17-11-3-2-8(13)6-9(11)12(16)10-7-14-4-5-15-10/h2-7H,1H3. The predicted molar refractivity (Wildman–Crippen MR) is 63.5 cm³/mol. The van der Waals surface area contributed by atoms with Gasteiger partial charge >= 0.3 is 0 Å². The molecule has 1 aromatic heterocycles. The van der Waals surface area contributed by atoms with Gasteiger partial charge in [0.25, 0.3) is 0 Å². The molecule has 86 valence electrons. The van der Waals surface area contributed by atoms with E-state index < -0.39 is 0 Å². The molecular weight excluding hydrogens is 240 g/mol. The lowest BCUT2D eigenvalue weighted by molar-refractivity contribution is 0.103. The number of methoxy groups -OCH3 is 1. The first-order valence-corrected chi connectivity index (χ1v) is 5.24. The Morgan fingerprint density at radius 1 is 1.35 bits per heavy atom. The minimum Gasteiger partial charge on any atom is -0.496 e. The van der Waals surface area contributed by atoms with Crippen LogP contribution in [0.15, 0.2) is 36.8 Å². The van der Waals surface area contributed by atoms with Gasteiger partial charge in [0.15, 0.2) is 0 Å². The second-order valence-electron chi connectivity index (χ2n) is 3.26. The van der Waals surface area contributed by atoms with Crippen LogP contribution in [-0.2, 0) is 0 Å². The molecular formula is C12H9ClN2O2. The highest BCUT2D eigenvalue weighted by atomic mass is 35.5. The van der Waals surface area contributed by atoms with Crippen molar-refractivity contribution in [1.82, 2.24) is 9.97 Å². The van der Waals surface area contributed by atoms with Gasteiger partial charge in [0, 0.05) is 17.4 Å². The van der Waals surface area contributed by atoms with Gasteiger partial charge in [0.2, 0.25) is 5.78 Å². The van der Waals surface area contributed by atoms with Crippen LogP contribution in [0.4, 0.5) is 0 Å². The maximum absolute atomic E-state index is 12.1. The number of ether oxygens (including phenoxy) is 1. The van der Waals surface area contributed by atoms with E-state index >= 15 is 0 Å². The Kier molecular flexibility index (Phi) is 3.35. The molecule has 1 heterocycles. The number of nitrogens with zero attached hydrogens (tertiary/aromatic N) is 2. The summed E-state index contributed by atoms with van der Waals surface area (Å²) in [5.74, 6) is 0.197. The molecule has 17 heavy (non-hydrogen) atoms. The molecule has 0 aliphatic heterocycles. The molecule has 0 aliphatic rings. The van der Waals surface area contributed by atoms with E-state index in [1.54, 1.807) is 18.2 Å². The first kappa shape index (κ1) is 11.5. The highest BCUT2D eigenvalue weighted by molar-refractivity contribution is 6.31. The van der Waals surface area contributed by atoms with Crippen LogP contribution in [0.5, 0.6) is 5.75 Å². The van der Waals surface area contributed by atoms with Crippen molar-refractivity contribution < 1.29 is 9.53 Å². The highest BCUT2D eigenvalue weighted by Crippen LogP contribution is 2.24. The Balaban J connectivity index is 2.47. The summed E-state index contributed by atoms with van der Waals surface area (Å²) in [5, 5.41) is 0.470. The van der Waals surface area contributed by atoms with Crippen molar-refractivity contribution in [3.05, 3.63) is 53.1 Å². The lowest BCUT2D eigenvalue weighted by Crippen LogP contribution is -2.06. The van der Waals surface area contributed by atoms with Crippen LogP contribution < -0.4 is 4.74 Å². The lowest BCUT2D eigenvalue weighted by Gasteiger charge is -2.07. The first-order valence-electron chi connectivity index (χ1n) is 4.86. The fourth-order valence-electron chi connectivity index (χ4n) is 1.41. The molecule has 2 aromatic rings. The summed E-state index contributed by atoms with van der Waals surface area (Å²) in [6, 6.07) is 4.86. The normalized spacial score (nSPS) is 10.0. The smallest absolute Gasteiger partial charge is 0.216 e. The molecule has 0 spiro atoms. The van der Waals surface area contributed by atoms with Gasteiger partial charge in [-0.25, -0.2) is 4.98 Å². The number of halogens is 1. The van der Waals surface area contributed by atoms with Gasteiger partial charge in [-0.3, -0.25) is 9.78 Å². The molecule has 5 heteroatoms. The summed E-state index contributed by atoms with van der Waals surface area (Å²) in [6.07, 6.45) is 4.37. The maximum Gasteiger partial charge on any atom is 0.216 e. The Bertz CT molecular complexity index is 543. The van der Waals surface area contributed by atoms with Crippen molar-refractivity contribution in [3.8, 4) is 5.75 Å². The molecule has 0 bridgehead atoms. The first-order chi connectivity index (χ1) is 8.22. The van der Waals surface area contributed by atoms with Crippen LogP contribution in [0, 0.1) is 0 Å². The number of carbonyl (C=O) groups excluding carboxylic acids is 1. The third kappa shape index (κ3) is 2.42. The quantitative estimate of drug-likeness (QED) is 0.783. The number of carbonyl (C=O) groups is 1. The minimum atomic E-state index is -0.266. The molecule has 0 saturated heterocycles. The fourth-order valence-corrected chi connectivity index (χ4v) is 1.58. The van der Waals surface area contributed by atoms with Crippen molar-refractivity contribution in [3.63, 3.8) is 0 Å². The van der Waals surface area contributed by atoms with Crippen LogP contribution in [0.1, 0.15) is 16.1 Å². The summed E-state index contributed by atoms with van der Waals surface area (Å²) in [4.78, 5) is 19.9. The number of benzene rings is 1. The molecule has 0 atom stereocenters. The molecule has 4 nitrogen and oxygen atoms in total. The van der Waals surface area contributed by atoms with E-state index in [0.29, 0.717) is 16.3 Å². The fraction of sp³-hybridized carbons (Fsp3) is 0.0833. The molecule has 2 rings (SSSR count). The van der Waals surface area contributed by atoms with E-state index in [1.807, 2.05) is 0 Å². The van der Waals surface area contributed by atoms with Gasteiger partial charge in [-0.05, 0) is 18.2 Å². The van der Waals surface area contributed by atoms with Gasteiger partial charge in [0.1, 0.15) is 11.4 Å². The Hall–Kier alpha value is -1.94. The van der Waals surface area contributed by atoms with E-state index in [0.717, 1.165) is 0 Å². The van der Waals surface area contributed by atoms with Gasteiger partial charge in [0.05, 0.1) is 18.9 Å². The summed E-state index contributed by atoms with van der Waals surface area (Å²) >= 11 is 5.86. The molecule has 0 N–H and O–H groups in total. The molecule has 0 radical (unpaired) electrons. The van der Waals surface area contributed by atoms with Crippen molar-refractivity contribution >= 4 is 17.4 Å². The molecule has 0 fully saturated rings. The Morgan fingerprint density at radius 2 is 2.18 bits per heavy atom. The van der Waals surface area contributed by atoms with Crippen LogP contribution in [-0.4, -0.2) is 22.9 Å². The third-order valence-corrected chi connectivity index (χ3v) is 2.44. The molecule has 0 saturated carbocycles. The van der Waals surface area contributed by atoms with Gasteiger partial charge in [-0.1, -0.05) is 11.6 Å². The number of hydrogen-bond acceptors (Lipinski definition) is 4. The van der Waals surface area contributed by atoms with Gasteiger partial charge in [-0.2, -0.15) is 0 Å². The van der Waals surface area contributed by atoms with E-state index in [2.05, 4.69) is 9.97 Å². The van der Waals surface area contributed by atoms with Crippen molar-refractivity contribution in [2.75, 3.05) is 7.11 Å². The van der Waals surface area contributed by atoms with E-state index in [9.17, 15) is 4.79 Å². The van der Waals surface area contributed by atoms with Gasteiger partial charge in [-0.15, -0.1) is 0 Å². The average molecular weight is 249 g/mol. The van der Waals surface area contributed by atoms with E-state index in [4.69, 9.17) is 16.3 Å². The zero-order chi connectivity index (χ0) is 12.3. The van der Waals surface area contributed by atoms with Crippen LogP contribution in [0.3, 0.4) is 0 Å². The summed E-state index contributed by atoms with van der Waals surface area (Å²) in [7, 11) is 1.50. The largest absolute Gasteiger partial charge is 0.496 e. The van der Waals surface area contributed by atoms with Crippen molar-refractivity contribution in [2.24, 2.45) is 0 Å². The third-order valence-electron chi connectivity index (χ3n) is 2.20. The number of ketones is 1. The predicted octanol–water partition coefficient (Wildman–Crippen LogP) is 2.37. The van der Waals surface area contributed by atoms with Crippen LogP contribution in [0.25, 0.3) is 0 Å². The Morgan fingerprint density at radius 3 is 2.82 bits per heavy atom. The summed E-state index contributed by atoms with van der Waals surface area (Å²) in [5.41, 5.74) is 0.633. The zero-order valence-electron chi connectivity index (χ0n) is 9.05. The maximum atomic E-state index is 12.1. The summed E-state index contributed by atoms with van der Waals surface area (Å²) < 4.78 is 5.12. The lowest BCUT2D eigenvalue weighted by atomic mass is 10.1. The minimum absolute atomic E-state index is 0.257. The number of rotatable bonds is 3. The second kappa shape index (κ2) is 4.93. The SMILES string of the molecule is COc1ccc(Cl)cc1C(=O)c1cnccn1. The zero-order valence-corrected chi connectivity index (χ0v) is 9.81. The van der Waals surface area contributed by atoms with E-state index in [1.165, 1.54) is 25.7 Å². The summed E-state index contributed by atoms with van der Waals surface area (Å²) in [6.45, 7) is 0. The number of aromatic nitrogens is 2. The van der Waals surface area contributed by atoms with Crippen molar-refractivity contribution in [2.45, 2.75) is 0 Å². The monoisotopic (exact) mass is 248 g/mol. The van der Waals surface area contributed by atoms with Crippen LogP contribution >= 0.6 is 11.6 Å². The average Bonchev–Trinajstić information content (AvgIpc) is 2.39. The van der Waals surface area contributed by atoms with Crippen LogP contribution in [0.2, 0.25) is 5.02 Å².